The van der Waals surface area contributed by atoms with E-state index in [0.717, 1.165) is 12.1 Å². The van der Waals surface area contributed by atoms with Gasteiger partial charge in [-0.15, -0.1) is 0 Å². The highest BCUT2D eigenvalue weighted by Gasteiger charge is 2.21. The van der Waals surface area contributed by atoms with Gasteiger partial charge in [0.05, 0.1) is 5.56 Å². The van der Waals surface area contributed by atoms with Crippen molar-refractivity contribution in [3.05, 3.63) is 35.4 Å². The molecular formula is C10H8F2O4. The molecule has 0 bridgehead atoms. The Kier molecular flexibility index (Phi) is 3.68. The summed E-state index contributed by atoms with van der Waals surface area (Å²) in [5.41, 5.74) is -0.443. The number of ketones is 1. The Balaban J connectivity index is 2.85. The molecule has 4 nitrogen and oxygen atoms in total. The summed E-state index contributed by atoms with van der Waals surface area (Å²) in [5, 5.41) is 17.2. The van der Waals surface area contributed by atoms with Crippen LogP contribution in [0.5, 0.6) is 0 Å². The van der Waals surface area contributed by atoms with Gasteiger partial charge in [-0.05, 0) is 12.1 Å². The molecule has 0 aromatic heterocycles. The third-order valence-electron chi connectivity index (χ3n) is 1.90. The highest BCUT2D eigenvalue weighted by atomic mass is 19.1. The first-order valence-corrected chi connectivity index (χ1v) is 4.31. The van der Waals surface area contributed by atoms with Gasteiger partial charge >= 0.3 is 5.97 Å². The van der Waals surface area contributed by atoms with Crippen LogP contribution in [-0.2, 0) is 4.79 Å². The molecule has 1 unspecified atom stereocenters. The van der Waals surface area contributed by atoms with Crippen molar-refractivity contribution in [2.75, 3.05) is 0 Å². The normalized spacial score (nSPS) is 12.2. The van der Waals surface area contributed by atoms with Crippen LogP contribution in [0.4, 0.5) is 8.78 Å². The highest BCUT2D eigenvalue weighted by Crippen LogP contribution is 2.12. The number of aliphatic hydroxyl groups is 1. The van der Waals surface area contributed by atoms with Crippen molar-refractivity contribution in [1.82, 2.24) is 0 Å². The zero-order valence-corrected chi connectivity index (χ0v) is 7.98. The van der Waals surface area contributed by atoms with Crippen LogP contribution in [0.3, 0.4) is 0 Å². The van der Waals surface area contributed by atoms with Crippen LogP contribution in [0.1, 0.15) is 16.8 Å². The van der Waals surface area contributed by atoms with Gasteiger partial charge in [-0.1, -0.05) is 0 Å². The predicted octanol–water partition coefficient (Wildman–Crippen LogP) is 0.983. The first-order chi connectivity index (χ1) is 7.41. The molecule has 2 N–H and O–H groups in total. The molecule has 0 fully saturated rings. The number of carbonyl (C=O) groups excluding carboxylic acids is 1. The largest absolute Gasteiger partial charge is 0.479 e. The maximum atomic E-state index is 13.1. The zero-order valence-electron chi connectivity index (χ0n) is 7.98. The minimum Gasteiger partial charge on any atom is -0.479 e. The minimum absolute atomic E-state index is 0.443. The lowest BCUT2D eigenvalue weighted by Gasteiger charge is -2.05. The summed E-state index contributed by atoms with van der Waals surface area (Å²) in [5.74, 6) is -4.39. The zero-order chi connectivity index (χ0) is 12.3. The lowest BCUT2D eigenvalue weighted by atomic mass is 10.0. The first-order valence-electron chi connectivity index (χ1n) is 4.31. The Hall–Kier alpha value is -1.82. The fraction of sp³-hybridized carbons (Fsp3) is 0.200. The second-order valence-electron chi connectivity index (χ2n) is 3.11. The topological polar surface area (TPSA) is 74.6 Å². The number of carboxylic acids is 1. The Labute approximate surface area is 89.1 Å². The summed E-state index contributed by atoms with van der Waals surface area (Å²) < 4.78 is 25.6. The van der Waals surface area contributed by atoms with Crippen molar-refractivity contribution in [3.63, 3.8) is 0 Å². The number of carbonyl (C=O) groups is 2. The number of hydrogen-bond donors (Lipinski definition) is 2. The minimum atomic E-state index is -1.89. The van der Waals surface area contributed by atoms with Gasteiger partial charge in [-0.2, -0.15) is 0 Å². The maximum absolute atomic E-state index is 13.1. The van der Waals surface area contributed by atoms with Crippen molar-refractivity contribution >= 4 is 11.8 Å². The SMILES string of the molecule is O=C(CC(O)C(=O)O)c1ccc(F)cc1F. The molecule has 0 saturated heterocycles. The van der Waals surface area contributed by atoms with Gasteiger partial charge in [0.25, 0.3) is 0 Å². The summed E-state index contributed by atoms with van der Waals surface area (Å²) >= 11 is 0. The first kappa shape index (κ1) is 12.3. The third-order valence-corrected chi connectivity index (χ3v) is 1.90. The molecule has 0 radical (unpaired) electrons. The number of carboxylic acid groups (broad SMARTS) is 1. The Morgan fingerprint density at radius 3 is 2.44 bits per heavy atom. The van der Waals surface area contributed by atoms with Gasteiger partial charge in [-0.25, -0.2) is 13.6 Å². The Bertz CT molecular complexity index is 431. The van der Waals surface area contributed by atoms with E-state index in [1.54, 1.807) is 0 Å². The summed E-state index contributed by atoms with van der Waals surface area (Å²) in [6.45, 7) is 0. The van der Waals surface area contributed by atoms with Crippen molar-refractivity contribution in [1.29, 1.82) is 0 Å². The van der Waals surface area contributed by atoms with E-state index in [-0.39, 0.29) is 0 Å². The molecule has 0 saturated carbocycles. The quantitative estimate of drug-likeness (QED) is 0.756. The van der Waals surface area contributed by atoms with Crippen LogP contribution >= 0.6 is 0 Å². The van der Waals surface area contributed by atoms with Crippen LogP contribution < -0.4 is 0 Å². The van der Waals surface area contributed by atoms with Crippen LogP contribution in [0.15, 0.2) is 18.2 Å². The van der Waals surface area contributed by atoms with Crippen LogP contribution in [0.25, 0.3) is 0 Å². The van der Waals surface area contributed by atoms with Gasteiger partial charge in [0.15, 0.2) is 11.9 Å². The monoisotopic (exact) mass is 230 g/mol. The highest BCUT2D eigenvalue weighted by molar-refractivity contribution is 5.98. The molecule has 0 aliphatic carbocycles. The lowest BCUT2D eigenvalue weighted by Crippen LogP contribution is -2.23. The summed E-state index contributed by atoms with van der Waals surface area (Å²) in [6.07, 6.45) is -2.64. The van der Waals surface area contributed by atoms with Crippen LogP contribution in [0.2, 0.25) is 0 Å². The molecule has 1 rings (SSSR count). The van der Waals surface area contributed by atoms with Crippen LogP contribution in [0, 0.1) is 11.6 Å². The smallest absolute Gasteiger partial charge is 0.332 e. The number of benzene rings is 1. The predicted molar refractivity (Wildman–Crippen MR) is 48.9 cm³/mol. The molecule has 1 aromatic carbocycles. The van der Waals surface area contributed by atoms with Gasteiger partial charge in [0.1, 0.15) is 11.6 Å². The van der Waals surface area contributed by atoms with E-state index in [0.29, 0.717) is 6.07 Å². The number of hydrogen-bond acceptors (Lipinski definition) is 3. The van der Waals surface area contributed by atoms with Crippen molar-refractivity contribution < 1.29 is 28.6 Å². The molecule has 1 aromatic rings. The molecule has 0 amide bonds. The summed E-state index contributed by atoms with van der Waals surface area (Å²) in [7, 11) is 0. The second-order valence-corrected chi connectivity index (χ2v) is 3.11. The average Bonchev–Trinajstić information content (AvgIpc) is 2.16. The number of halogens is 2. The summed E-state index contributed by atoms with van der Waals surface area (Å²) in [6, 6.07) is 2.30. The van der Waals surface area contributed by atoms with E-state index in [9.17, 15) is 18.4 Å². The van der Waals surface area contributed by atoms with Crippen molar-refractivity contribution in [2.24, 2.45) is 0 Å². The maximum Gasteiger partial charge on any atom is 0.332 e. The van der Waals surface area contributed by atoms with E-state index in [2.05, 4.69) is 0 Å². The molecule has 1 atom stereocenters. The fourth-order valence-electron chi connectivity index (χ4n) is 1.09. The molecule has 0 heterocycles. The molecule has 0 spiro atoms. The average molecular weight is 230 g/mol. The van der Waals surface area contributed by atoms with E-state index < -0.39 is 41.5 Å². The van der Waals surface area contributed by atoms with E-state index in [4.69, 9.17) is 10.2 Å². The molecule has 86 valence electrons. The molecule has 16 heavy (non-hydrogen) atoms. The van der Waals surface area contributed by atoms with E-state index in [1.165, 1.54) is 0 Å². The van der Waals surface area contributed by atoms with Gasteiger partial charge in [0, 0.05) is 12.5 Å². The third kappa shape index (κ3) is 2.83. The van der Waals surface area contributed by atoms with Gasteiger partial charge < -0.3 is 10.2 Å². The Morgan fingerprint density at radius 1 is 1.31 bits per heavy atom. The van der Waals surface area contributed by atoms with Crippen molar-refractivity contribution in [3.8, 4) is 0 Å². The Morgan fingerprint density at radius 2 is 1.94 bits per heavy atom. The molecule has 0 aliphatic rings. The summed E-state index contributed by atoms with van der Waals surface area (Å²) in [4.78, 5) is 21.6. The molecule has 0 aliphatic heterocycles. The number of Topliss-reactive ketones (excluding diaryl/α,β-unsaturated/α-hetero) is 1. The van der Waals surface area contributed by atoms with E-state index in [1.807, 2.05) is 0 Å². The van der Waals surface area contributed by atoms with Crippen molar-refractivity contribution in [2.45, 2.75) is 12.5 Å². The van der Waals surface area contributed by atoms with E-state index >= 15 is 0 Å². The van der Waals surface area contributed by atoms with Gasteiger partial charge in [0.2, 0.25) is 0 Å². The standard InChI is InChI=1S/C10H8F2O4/c11-5-1-2-6(7(12)3-5)8(13)4-9(14)10(15)16/h1-3,9,14H,4H2,(H,15,16). The second kappa shape index (κ2) is 4.80. The number of aliphatic hydroxyl groups excluding tert-OH is 1. The molecule has 6 heteroatoms. The van der Waals surface area contributed by atoms with Gasteiger partial charge in [-0.3, -0.25) is 4.79 Å². The number of rotatable bonds is 4. The fourth-order valence-corrected chi connectivity index (χ4v) is 1.09. The number of aliphatic carboxylic acids is 1. The van der Waals surface area contributed by atoms with Crippen LogP contribution in [-0.4, -0.2) is 28.1 Å². The molecular weight excluding hydrogens is 222 g/mol. The lowest BCUT2D eigenvalue weighted by molar-refractivity contribution is -0.146.